The number of aliphatic hydroxyl groups is 4. The highest BCUT2D eigenvalue weighted by molar-refractivity contribution is 5.73. The zero-order valence-corrected chi connectivity index (χ0v) is 16.9. The van der Waals surface area contributed by atoms with E-state index in [9.17, 15) is 34.5 Å². The maximum atomic E-state index is 11.7. The molecule has 0 saturated heterocycles. The number of hydrogen-bond donors (Lipinski definition) is 5. The van der Waals surface area contributed by atoms with Crippen molar-refractivity contribution < 1.29 is 53.8 Å². The third kappa shape index (κ3) is 9.09. The number of esters is 2. The molecule has 31 heavy (non-hydrogen) atoms. The first-order chi connectivity index (χ1) is 14.5. The number of amides is 1. The minimum atomic E-state index is -1.94. The van der Waals surface area contributed by atoms with E-state index in [1.165, 1.54) is 26.0 Å². The Hall–Kier alpha value is -3.06. The van der Waals surface area contributed by atoms with Gasteiger partial charge in [-0.15, -0.1) is 0 Å². The van der Waals surface area contributed by atoms with Crippen LogP contribution in [-0.2, 0) is 25.5 Å². The van der Waals surface area contributed by atoms with E-state index in [2.05, 4.69) is 5.32 Å². The van der Waals surface area contributed by atoms with Crippen molar-refractivity contribution in [3.05, 3.63) is 23.8 Å². The fraction of sp³-hybridized carbons (Fsp3) is 0.474. The van der Waals surface area contributed by atoms with E-state index in [-0.39, 0.29) is 30.8 Å². The third-order valence-corrected chi connectivity index (χ3v) is 3.82. The molecule has 5 N–H and O–H groups in total. The van der Waals surface area contributed by atoms with Gasteiger partial charge in [-0.3, -0.25) is 9.59 Å². The summed E-state index contributed by atoms with van der Waals surface area (Å²) in [5.74, 6) is -1.10. The van der Waals surface area contributed by atoms with E-state index < -0.39 is 49.1 Å². The lowest BCUT2D eigenvalue weighted by Crippen LogP contribution is -2.47. The molecule has 0 aromatic heterocycles. The van der Waals surface area contributed by atoms with Crippen LogP contribution in [-0.4, -0.2) is 82.3 Å². The Morgan fingerprint density at radius 2 is 1.61 bits per heavy atom. The summed E-state index contributed by atoms with van der Waals surface area (Å²) in [5, 5.41) is 40.2. The van der Waals surface area contributed by atoms with Gasteiger partial charge in [-0.2, -0.15) is 0 Å². The highest BCUT2D eigenvalue weighted by atomic mass is 16.6. The van der Waals surface area contributed by atoms with Gasteiger partial charge in [-0.1, -0.05) is 6.07 Å². The Bertz CT molecular complexity index is 782. The molecule has 4 atom stereocenters. The van der Waals surface area contributed by atoms with E-state index >= 15 is 0 Å². The number of nitrogens with one attached hydrogen (secondary N) is 1. The molecule has 0 saturated carbocycles. The molecule has 1 rings (SSSR count). The SMILES string of the molecule is CC(=O)Oc1ccc(CCNC(=O)OC[C@@H](O)[C@@H](O)[C@H](O)[C@@H](O)C=O)cc1OC(C)=O. The third-order valence-electron chi connectivity index (χ3n) is 3.82. The molecule has 12 nitrogen and oxygen atoms in total. The average Bonchev–Trinajstić information content (AvgIpc) is 2.71. The van der Waals surface area contributed by atoms with E-state index in [0.29, 0.717) is 5.56 Å². The van der Waals surface area contributed by atoms with E-state index in [4.69, 9.17) is 19.3 Å². The van der Waals surface area contributed by atoms with Crippen LogP contribution in [0.25, 0.3) is 0 Å². The fourth-order valence-corrected chi connectivity index (χ4v) is 2.31. The second-order valence-electron chi connectivity index (χ2n) is 6.42. The molecule has 0 bridgehead atoms. The second kappa shape index (κ2) is 12.6. The highest BCUT2D eigenvalue weighted by Gasteiger charge is 2.30. The molecule has 12 heteroatoms. The quantitative estimate of drug-likeness (QED) is 0.151. The molecule has 0 aliphatic carbocycles. The molecule has 1 aromatic rings. The van der Waals surface area contributed by atoms with Crippen LogP contribution in [0, 0.1) is 0 Å². The van der Waals surface area contributed by atoms with E-state index in [0.717, 1.165) is 0 Å². The zero-order chi connectivity index (χ0) is 23.6. The fourth-order valence-electron chi connectivity index (χ4n) is 2.31. The van der Waals surface area contributed by atoms with E-state index in [1.807, 2.05) is 0 Å². The van der Waals surface area contributed by atoms with Crippen molar-refractivity contribution in [3.63, 3.8) is 0 Å². The summed E-state index contributed by atoms with van der Waals surface area (Å²) in [5.41, 5.74) is 0.633. The zero-order valence-electron chi connectivity index (χ0n) is 16.9. The predicted octanol–water partition coefficient (Wildman–Crippen LogP) is -1.55. The summed E-state index contributed by atoms with van der Waals surface area (Å²) in [4.78, 5) is 44.4. The Kier molecular flexibility index (Phi) is 10.6. The average molecular weight is 443 g/mol. The van der Waals surface area contributed by atoms with Crippen molar-refractivity contribution in [1.82, 2.24) is 5.32 Å². The molecule has 0 fully saturated rings. The number of alkyl carbamates (subject to hydrolysis) is 1. The van der Waals surface area contributed by atoms with Crippen molar-refractivity contribution in [2.75, 3.05) is 13.2 Å². The van der Waals surface area contributed by atoms with Gasteiger partial charge in [-0.25, -0.2) is 4.79 Å². The normalized spacial score (nSPS) is 14.5. The Morgan fingerprint density at radius 3 is 2.19 bits per heavy atom. The van der Waals surface area contributed by atoms with Crippen molar-refractivity contribution in [2.45, 2.75) is 44.7 Å². The topological polar surface area (TPSA) is 189 Å². The molecule has 0 spiro atoms. The summed E-state index contributed by atoms with van der Waals surface area (Å²) in [7, 11) is 0. The molecule has 0 radical (unpaired) electrons. The minimum Gasteiger partial charge on any atom is -0.447 e. The number of hydrogen-bond acceptors (Lipinski definition) is 11. The Morgan fingerprint density at radius 1 is 1.00 bits per heavy atom. The molecule has 0 heterocycles. The van der Waals surface area contributed by atoms with Gasteiger partial charge >= 0.3 is 18.0 Å². The molecule has 0 aliphatic rings. The first-order valence-corrected chi connectivity index (χ1v) is 9.13. The molecule has 1 aromatic carbocycles. The number of aliphatic hydroxyl groups excluding tert-OH is 4. The first-order valence-electron chi connectivity index (χ1n) is 9.13. The maximum absolute atomic E-state index is 11.7. The summed E-state index contributed by atoms with van der Waals surface area (Å²) >= 11 is 0. The van der Waals surface area contributed by atoms with Crippen LogP contribution in [0.15, 0.2) is 18.2 Å². The van der Waals surface area contributed by atoms with Gasteiger partial charge in [0.05, 0.1) is 0 Å². The lowest BCUT2D eigenvalue weighted by Gasteiger charge is -2.23. The highest BCUT2D eigenvalue weighted by Crippen LogP contribution is 2.29. The van der Waals surface area contributed by atoms with Gasteiger partial charge in [0.1, 0.15) is 31.0 Å². The number of benzene rings is 1. The van der Waals surface area contributed by atoms with Crippen LogP contribution < -0.4 is 14.8 Å². The summed E-state index contributed by atoms with van der Waals surface area (Å²) in [6, 6.07) is 4.49. The van der Waals surface area contributed by atoms with E-state index in [1.54, 1.807) is 6.07 Å². The number of aldehydes is 1. The maximum Gasteiger partial charge on any atom is 0.407 e. The van der Waals surface area contributed by atoms with Crippen LogP contribution in [0.2, 0.25) is 0 Å². The van der Waals surface area contributed by atoms with Crippen molar-refractivity contribution in [1.29, 1.82) is 0 Å². The smallest absolute Gasteiger partial charge is 0.407 e. The lowest BCUT2D eigenvalue weighted by atomic mass is 10.0. The monoisotopic (exact) mass is 443 g/mol. The molecule has 172 valence electrons. The van der Waals surface area contributed by atoms with Crippen LogP contribution in [0.1, 0.15) is 19.4 Å². The Labute approximate surface area is 177 Å². The number of rotatable bonds is 11. The van der Waals surface area contributed by atoms with Gasteiger partial charge in [-0.05, 0) is 24.1 Å². The van der Waals surface area contributed by atoms with Gasteiger partial charge in [0.25, 0.3) is 0 Å². The molecule has 0 unspecified atom stereocenters. The van der Waals surface area contributed by atoms with Crippen LogP contribution >= 0.6 is 0 Å². The largest absolute Gasteiger partial charge is 0.447 e. The van der Waals surface area contributed by atoms with Crippen molar-refractivity contribution in [2.24, 2.45) is 0 Å². The predicted molar refractivity (Wildman–Crippen MR) is 102 cm³/mol. The van der Waals surface area contributed by atoms with Crippen LogP contribution in [0.5, 0.6) is 11.5 Å². The van der Waals surface area contributed by atoms with Crippen LogP contribution in [0.3, 0.4) is 0 Å². The number of carbonyl (C=O) groups is 4. The standard InChI is InChI=1S/C19H25NO11/c1-10(22)30-15-4-3-12(7-16(15)31-11(2)23)5-6-20-19(28)29-9-14(25)18(27)17(26)13(24)8-21/h3-4,7-8,13-14,17-18,24-27H,5-6,9H2,1-2H3,(H,20,28)/t13-,14+,17+,18+/m0/s1. The summed E-state index contributed by atoms with van der Waals surface area (Å²) in [6.07, 6.45) is -8.17. The van der Waals surface area contributed by atoms with Crippen LogP contribution in [0.4, 0.5) is 4.79 Å². The van der Waals surface area contributed by atoms with Gasteiger partial charge < -0.3 is 44.7 Å². The van der Waals surface area contributed by atoms with Gasteiger partial charge in [0, 0.05) is 20.4 Å². The van der Waals surface area contributed by atoms with Crippen molar-refractivity contribution >= 4 is 24.3 Å². The number of carbonyl (C=O) groups excluding carboxylic acids is 4. The molecule has 1 amide bonds. The molecule has 0 aliphatic heterocycles. The number of ether oxygens (including phenoxy) is 3. The molecular weight excluding hydrogens is 418 g/mol. The summed E-state index contributed by atoms with van der Waals surface area (Å²) < 4.78 is 14.7. The van der Waals surface area contributed by atoms with Gasteiger partial charge in [0.15, 0.2) is 17.8 Å². The van der Waals surface area contributed by atoms with Crippen molar-refractivity contribution in [3.8, 4) is 11.5 Å². The Balaban J connectivity index is 2.53. The summed E-state index contributed by atoms with van der Waals surface area (Å²) in [6.45, 7) is 1.76. The minimum absolute atomic E-state index is 0.0141. The second-order valence-corrected chi connectivity index (χ2v) is 6.42. The lowest BCUT2D eigenvalue weighted by molar-refractivity contribution is -0.136. The molecular formula is C19H25NO11. The first kappa shape index (κ1) is 26.0. The van der Waals surface area contributed by atoms with Gasteiger partial charge in [0.2, 0.25) is 0 Å².